The average molecular weight is 284 g/mol. The molecule has 2 aliphatic carbocycles. The molecular formula is C15H28N2OS. The van der Waals surface area contributed by atoms with E-state index in [2.05, 4.69) is 11.6 Å². The van der Waals surface area contributed by atoms with Crippen molar-refractivity contribution >= 4 is 17.7 Å². The van der Waals surface area contributed by atoms with Gasteiger partial charge >= 0.3 is 0 Å². The summed E-state index contributed by atoms with van der Waals surface area (Å²) >= 11 is 1.90. The highest BCUT2D eigenvalue weighted by Gasteiger charge is 2.40. The van der Waals surface area contributed by atoms with Crippen molar-refractivity contribution in [2.24, 2.45) is 11.1 Å². The highest BCUT2D eigenvalue weighted by atomic mass is 32.2. The smallest absolute Gasteiger partial charge is 0.227 e. The number of amides is 1. The van der Waals surface area contributed by atoms with E-state index in [1.54, 1.807) is 0 Å². The van der Waals surface area contributed by atoms with E-state index >= 15 is 0 Å². The maximum Gasteiger partial charge on any atom is 0.227 e. The van der Waals surface area contributed by atoms with E-state index in [4.69, 9.17) is 5.73 Å². The van der Waals surface area contributed by atoms with E-state index in [1.807, 2.05) is 11.8 Å². The van der Waals surface area contributed by atoms with Gasteiger partial charge < -0.3 is 11.1 Å². The minimum absolute atomic E-state index is 0.237. The second-order valence-electron chi connectivity index (χ2n) is 6.18. The second-order valence-corrected chi connectivity index (χ2v) is 7.26. The lowest BCUT2D eigenvalue weighted by atomic mass is 9.73. The van der Waals surface area contributed by atoms with Gasteiger partial charge in [-0.1, -0.05) is 32.1 Å². The largest absolute Gasteiger partial charge is 0.352 e. The number of nitrogens with two attached hydrogens (primary N) is 1. The first-order valence-corrected chi connectivity index (χ1v) is 9.04. The molecule has 19 heavy (non-hydrogen) atoms. The third-order valence-electron chi connectivity index (χ3n) is 5.00. The summed E-state index contributed by atoms with van der Waals surface area (Å²) in [4.78, 5) is 12.7. The van der Waals surface area contributed by atoms with Gasteiger partial charge in [0.15, 0.2) is 0 Å². The minimum Gasteiger partial charge on any atom is -0.352 e. The summed E-state index contributed by atoms with van der Waals surface area (Å²) in [5, 5.41) is 3.94. The molecule has 2 aliphatic rings. The molecule has 1 amide bonds. The molecule has 0 saturated heterocycles. The maximum atomic E-state index is 12.7. The Hall–Kier alpha value is -0.220. The topological polar surface area (TPSA) is 55.1 Å². The Morgan fingerprint density at radius 1 is 1.21 bits per heavy atom. The number of carbonyl (C=O) groups excluding carboxylic acids is 1. The molecule has 0 aliphatic heterocycles. The molecule has 2 atom stereocenters. The maximum absolute atomic E-state index is 12.7. The Morgan fingerprint density at radius 2 is 1.89 bits per heavy atom. The van der Waals surface area contributed by atoms with Gasteiger partial charge in [-0.2, -0.15) is 11.8 Å². The molecule has 0 bridgehead atoms. The third-order valence-corrected chi connectivity index (χ3v) is 6.17. The Kier molecular flexibility index (Phi) is 5.58. The van der Waals surface area contributed by atoms with Crippen molar-refractivity contribution < 1.29 is 4.79 Å². The number of hydrogen-bond acceptors (Lipinski definition) is 3. The Balaban J connectivity index is 1.98. The van der Waals surface area contributed by atoms with Gasteiger partial charge in [-0.15, -0.1) is 0 Å². The summed E-state index contributed by atoms with van der Waals surface area (Å²) in [6, 6.07) is 0.363. The van der Waals surface area contributed by atoms with Crippen molar-refractivity contribution in [3.05, 3.63) is 0 Å². The summed E-state index contributed by atoms with van der Waals surface area (Å²) in [7, 11) is 0. The van der Waals surface area contributed by atoms with Crippen LogP contribution in [-0.2, 0) is 4.79 Å². The summed E-state index contributed by atoms with van der Waals surface area (Å²) in [5.74, 6) is 0.237. The van der Waals surface area contributed by atoms with Gasteiger partial charge in [-0.25, -0.2) is 0 Å². The van der Waals surface area contributed by atoms with E-state index in [1.165, 1.54) is 25.7 Å². The quantitative estimate of drug-likeness (QED) is 0.834. The molecule has 3 nitrogen and oxygen atoms in total. The molecule has 3 N–H and O–H groups in total. The number of carbonyl (C=O) groups is 1. The van der Waals surface area contributed by atoms with Crippen molar-refractivity contribution in [3.63, 3.8) is 0 Å². The number of hydrogen-bond donors (Lipinski definition) is 2. The molecular weight excluding hydrogens is 256 g/mol. The lowest BCUT2D eigenvalue weighted by molar-refractivity contribution is -0.133. The fourth-order valence-corrected chi connectivity index (χ4v) is 4.55. The summed E-state index contributed by atoms with van der Waals surface area (Å²) in [6.45, 7) is 0.509. The van der Waals surface area contributed by atoms with E-state index in [-0.39, 0.29) is 11.3 Å². The lowest BCUT2D eigenvalue weighted by Gasteiger charge is -2.38. The van der Waals surface area contributed by atoms with Gasteiger partial charge in [-0.3, -0.25) is 4.79 Å². The zero-order valence-electron chi connectivity index (χ0n) is 12.1. The van der Waals surface area contributed by atoms with Crippen molar-refractivity contribution in [3.8, 4) is 0 Å². The van der Waals surface area contributed by atoms with E-state index in [0.29, 0.717) is 17.8 Å². The van der Waals surface area contributed by atoms with Crippen molar-refractivity contribution in [2.75, 3.05) is 12.8 Å². The van der Waals surface area contributed by atoms with Gasteiger partial charge in [0.25, 0.3) is 0 Å². The standard InChI is InChI=1S/C15H28N2OS/c1-19-13-8-4-3-7-12(13)17-14(18)15(11-16)9-5-2-6-10-15/h12-13H,2-11,16H2,1H3,(H,17,18). The first kappa shape index (κ1) is 15.2. The lowest BCUT2D eigenvalue weighted by Crippen LogP contribution is -2.53. The minimum atomic E-state index is -0.265. The second kappa shape index (κ2) is 6.98. The Bertz CT molecular complexity index is 303. The molecule has 0 aromatic carbocycles. The van der Waals surface area contributed by atoms with Crippen LogP contribution in [-0.4, -0.2) is 30.0 Å². The predicted octanol–water partition coefficient (Wildman–Crippen LogP) is 2.69. The van der Waals surface area contributed by atoms with Crippen LogP contribution < -0.4 is 11.1 Å². The fourth-order valence-electron chi connectivity index (χ4n) is 3.62. The summed E-state index contributed by atoms with van der Waals surface area (Å²) in [6.07, 6.45) is 12.6. The normalized spacial score (nSPS) is 30.8. The fraction of sp³-hybridized carbons (Fsp3) is 0.933. The molecule has 4 heteroatoms. The summed E-state index contributed by atoms with van der Waals surface area (Å²) in [5.41, 5.74) is 5.68. The van der Waals surface area contributed by atoms with Crippen molar-refractivity contribution in [1.82, 2.24) is 5.32 Å². The van der Waals surface area contributed by atoms with Crippen LogP contribution in [0, 0.1) is 5.41 Å². The highest BCUT2D eigenvalue weighted by Crippen LogP contribution is 2.36. The SMILES string of the molecule is CSC1CCCCC1NC(=O)C1(CN)CCCCC1. The van der Waals surface area contributed by atoms with Gasteiger partial charge in [0.1, 0.15) is 0 Å². The molecule has 0 heterocycles. The van der Waals surface area contributed by atoms with Gasteiger partial charge in [0.05, 0.1) is 5.41 Å². The zero-order valence-corrected chi connectivity index (χ0v) is 12.9. The van der Waals surface area contributed by atoms with Gasteiger partial charge in [0, 0.05) is 17.8 Å². The van der Waals surface area contributed by atoms with Crippen LogP contribution in [0.5, 0.6) is 0 Å². The van der Waals surface area contributed by atoms with Crippen LogP contribution in [0.25, 0.3) is 0 Å². The van der Waals surface area contributed by atoms with Crippen LogP contribution in [0.2, 0.25) is 0 Å². The van der Waals surface area contributed by atoms with Crippen molar-refractivity contribution in [2.45, 2.75) is 69.1 Å². The van der Waals surface area contributed by atoms with Crippen LogP contribution in [0.1, 0.15) is 57.8 Å². The molecule has 0 aromatic rings. The molecule has 0 spiro atoms. The zero-order chi connectivity index (χ0) is 13.7. The average Bonchev–Trinajstić information content (AvgIpc) is 2.48. The van der Waals surface area contributed by atoms with Crippen LogP contribution in [0.15, 0.2) is 0 Å². The van der Waals surface area contributed by atoms with E-state index < -0.39 is 0 Å². The van der Waals surface area contributed by atoms with Crippen LogP contribution >= 0.6 is 11.8 Å². The Morgan fingerprint density at radius 3 is 2.53 bits per heavy atom. The predicted molar refractivity (Wildman–Crippen MR) is 82.3 cm³/mol. The molecule has 0 aromatic heterocycles. The number of thioether (sulfide) groups is 1. The van der Waals surface area contributed by atoms with E-state index in [9.17, 15) is 4.79 Å². The van der Waals surface area contributed by atoms with Gasteiger partial charge in [-0.05, 0) is 31.9 Å². The Labute approximate surface area is 121 Å². The summed E-state index contributed by atoms with van der Waals surface area (Å²) < 4.78 is 0. The number of nitrogens with one attached hydrogen (secondary N) is 1. The van der Waals surface area contributed by atoms with Gasteiger partial charge in [0.2, 0.25) is 5.91 Å². The first-order valence-electron chi connectivity index (χ1n) is 7.76. The molecule has 2 saturated carbocycles. The third kappa shape index (κ3) is 3.46. The monoisotopic (exact) mass is 284 g/mol. The molecule has 2 rings (SSSR count). The molecule has 110 valence electrons. The highest BCUT2D eigenvalue weighted by molar-refractivity contribution is 7.99. The van der Waals surface area contributed by atoms with Crippen LogP contribution in [0.3, 0.4) is 0 Å². The molecule has 2 fully saturated rings. The number of rotatable bonds is 4. The first-order chi connectivity index (χ1) is 9.22. The molecule has 0 radical (unpaired) electrons. The van der Waals surface area contributed by atoms with Crippen LogP contribution in [0.4, 0.5) is 0 Å². The molecule has 2 unspecified atom stereocenters. The van der Waals surface area contributed by atoms with E-state index in [0.717, 1.165) is 32.1 Å². The van der Waals surface area contributed by atoms with Crippen molar-refractivity contribution in [1.29, 1.82) is 0 Å².